The predicted octanol–water partition coefficient (Wildman–Crippen LogP) is 2.21. The molecule has 2 aliphatic heterocycles. The normalized spacial score (nSPS) is 17.5. The Bertz CT molecular complexity index is 1160. The molecule has 2 fully saturated rings. The van der Waals surface area contributed by atoms with E-state index in [1.165, 1.54) is 36.7 Å². The quantitative estimate of drug-likeness (QED) is 0.367. The van der Waals surface area contributed by atoms with Gasteiger partial charge in [-0.05, 0) is 24.6 Å². The second-order valence-corrected chi connectivity index (χ2v) is 8.75. The molecule has 37 heavy (non-hydrogen) atoms. The van der Waals surface area contributed by atoms with E-state index in [9.17, 15) is 19.2 Å². The fraction of sp³-hybridized carbons (Fsp3) is 0.440. The van der Waals surface area contributed by atoms with Gasteiger partial charge in [0.15, 0.2) is 5.78 Å². The number of anilines is 2. The van der Waals surface area contributed by atoms with Crippen molar-refractivity contribution < 1.29 is 33.0 Å². The van der Waals surface area contributed by atoms with Crippen LogP contribution in [-0.2, 0) is 19.1 Å². The number of hydrogen-bond donors (Lipinski definition) is 0. The molecule has 0 bridgehead atoms. The number of aromatic nitrogens is 2. The summed E-state index contributed by atoms with van der Waals surface area (Å²) in [5, 5.41) is 0. The molecule has 1 aromatic heterocycles. The third kappa shape index (κ3) is 6.38. The number of carbonyl (C=O) groups excluding carboxylic acids is 4. The van der Waals surface area contributed by atoms with Gasteiger partial charge >= 0.3 is 12.1 Å². The highest BCUT2D eigenvalue weighted by atomic mass is 19.1. The smallest absolute Gasteiger partial charge is 0.414 e. The zero-order valence-corrected chi connectivity index (χ0v) is 20.5. The number of benzene rings is 1. The van der Waals surface area contributed by atoms with Gasteiger partial charge in [-0.15, -0.1) is 0 Å². The molecule has 2 aliphatic rings. The molecule has 0 aliphatic carbocycles. The van der Waals surface area contributed by atoms with Gasteiger partial charge in [0.05, 0.1) is 31.2 Å². The van der Waals surface area contributed by atoms with Crippen LogP contribution in [0, 0.1) is 5.82 Å². The summed E-state index contributed by atoms with van der Waals surface area (Å²) in [6, 6.07) is 4.55. The lowest BCUT2D eigenvalue weighted by atomic mass is 10.1. The van der Waals surface area contributed by atoms with Gasteiger partial charge in [-0.2, -0.15) is 0 Å². The van der Waals surface area contributed by atoms with E-state index in [0.717, 1.165) is 0 Å². The number of nitrogens with zero attached hydrogens (tertiary/aromatic N) is 5. The van der Waals surface area contributed by atoms with Crippen LogP contribution >= 0.6 is 0 Å². The number of rotatable bonds is 9. The van der Waals surface area contributed by atoms with Gasteiger partial charge in [0.1, 0.15) is 17.6 Å². The van der Waals surface area contributed by atoms with Gasteiger partial charge in [0.25, 0.3) is 0 Å². The minimum atomic E-state index is -0.591. The molecule has 4 rings (SSSR count). The Kier molecular flexibility index (Phi) is 8.26. The molecule has 0 saturated carbocycles. The largest absolute Gasteiger partial charge is 0.469 e. The summed E-state index contributed by atoms with van der Waals surface area (Å²) in [7, 11) is 1.29. The first-order chi connectivity index (χ1) is 17.9. The maximum atomic E-state index is 15.0. The van der Waals surface area contributed by atoms with E-state index < -0.39 is 18.0 Å². The topological polar surface area (TPSA) is 122 Å². The van der Waals surface area contributed by atoms with Gasteiger partial charge in [0.2, 0.25) is 5.91 Å². The number of esters is 1. The van der Waals surface area contributed by atoms with Gasteiger partial charge in [-0.3, -0.25) is 24.3 Å². The van der Waals surface area contributed by atoms with E-state index in [-0.39, 0.29) is 49.2 Å². The van der Waals surface area contributed by atoms with Gasteiger partial charge in [0, 0.05) is 57.8 Å². The lowest BCUT2D eigenvalue weighted by molar-refractivity contribution is -0.141. The van der Waals surface area contributed by atoms with Crippen molar-refractivity contribution in [2.45, 2.75) is 31.8 Å². The van der Waals surface area contributed by atoms with E-state index in [0.29, 0.717) is 44.0 Å². The number of ketones is 1. The van der Waals surface area contributed by atoms with Crippen LogP contribution in [0.4, 0.5) is 20.6 Å². The highest BCUT2D eigenvalue weighted by Gasteiger charge is 2.33. The van der Waals surface area contributed by atoms with Gasteiger partial charge < -0.3 is 19.3 Å². The number of hydrogen-bond acceptors (Lipinski definition) is 9. The van der Waals surface area contributed by atoms with Crippen LogP contribution in [0.3, 0.4) is 0 Å². The van der Waals surface area contributed by atoms with E-state index in [1.807, 2.05) is 4.90 Å². The van der Waals surface area contributed by atoms with Crippen molar-refractivity contribution in [1.29, 1.82) is 0 Å². The van der Waals surface area contributed by atoms with E-state index in [4.69, 9.17) is 4.74 Å². The zero-order valence-electron chi connectivity index (χ0n) is 20.5. The molecule has 11 nitrogen and oxygen atoms in total. The Labute approximate surface area is 213 Å². The highest BCUT2D eigenvalue weighted by molar-refractivity contribution is 5.96. The van der Waals surface area contributed by atoms with Gasteiger partial charge in [-0.25, -0.2) is 14.2 Å². The molecule has 0 spiro atoms. The SMILES string of the molecule is COC(=O)CC[C@H]1CN(c2ccc(N3CCN(C(=O)CCC(=O)c4cnccn4)CC3)c(F)c2)C(=O)O1. The molecule has 0 unspecified atom stereocenters. The summed E-state index contributed by atoms with van der Waals surface area (Å²) in [6.07, 6.45) is 3.80. The summed E-state index contributed by atoms with van der Waals surface area (Å²) in [5.41, 5.74) is 0.981. The lowest BCUT2D eigenvalue weighted by Gasteiger charge is -2.36. The Morgan fingerprint density at radius 1 is 1.11 bits per heavy atom. The number of halogens is 1. The fourth-order valence-corrected chi connectivity index (χ4v) is 4.33. The first kappa shape index (κ1) is 26.0. The van der Waals surface area contributed by atoms with Crippen molar-refractivity contribution in [3.8, 4) is 0 Å². The van der Waals surface area contributed by atoms with Crippen LogP contribution < -0.4 is 9.80 Å². The number of ether oxygens (including phenoxy) is 2. The van der Waals surface area contributed by atoms with Crippen LogP contribution in [0.25, 0.3) is 0 Å². The summed E-state index contributed by atoms with van der Waals surface area (Å²) < 4.78 is 24.9. The number of cyclic esters (lactones) is 1. The van der Waals surface area contributed by atoms with E-state index >= 15 is 4.39 Å². The molecule has 2 aromatic rings. The molecule has 3 heterocycles. The molecule has 196 valence electrons. The van der Waals surface area contributed by atoms with Crippen molar-refractivity contribution in [3.05, 3.63) is 48.3 Å². The third-order valence-corrected chi connectivity index (χ3v) is 6.40. The van der Waals surface area contributed by atoms with Crippen LogP contribution in [0.5, 0.6) is 0 Å². The van der Waals surface area contributed by atoms with E-state index in [1.54, 1.807) is 17.0 Å². The maximum absolute atomic E-state index is 15.0. The van der Waals surface area contributed by atoms with Crippen molar-refractivity contribution in [2.24, 2.45) is 0 Å². The Morgan fingerprint density at radius 3 is 2.57 bits per heavy atom. The monoisotopic (exact) mass is 513 g/mol. The number of piperazine rings is 1. The van der Waals surface area contributed by atoms with Crippen molar-refractivity contribution >= 4 is 35.1 Å². The second kappa shape index (κ2) is 11.8. The first-order valence-corrected chi connectivity index (χ1v) is 12.0. The predicted molar refractivity (Wildman–Crippen MR) is 130 cm³/mol. The summed E-state index contributed by atoms with van der Waals surface area (Å²) in [6.45, 7) is 1.89. The minimum absolute atomic E-state index is 0.0519. The average Bonchev–Trinajstić information content (AvgIpc) is 3.31. The zero-order chi connectivity index (χ0) is 26.4. The molecule has 0 N–H and O–H groups in total. The second-order valence-electron chi connectivity index (χ2n) is 8.75. The maximum Gasteiger partial charge on any atom is 0.414 e. The third-order valence-electron chi connectivity index (χ3n) is 6.40. The summed E-state index contributed by atoms with van der Waals surface area (Å²) >= 11 is 0. The number of Topliss-reactive ketones (excluding diaryl/α,β-unsaturated/α-hetero) is 1. The van der Waals surface area contributed by atoms with Crippen LogP contribution in [0.2, 0.25) is 0 Å². The van der Waals surface area contributed by atoms with E-state index in [2.05, 4.69) is 14.7 Å². The summed E-state index contributed by atoms with van der Waals surface area (Å²) in [4.78, 5) is 61.0. The number of amides is 2. The number of carbonyl (C=O) groups is 4. The summed E-state index contributed by atoms with van der Waals surface area (Å²) in [5.74, 6) is -1.25. The Morgan fingerprint density at radius 2 is 1.89 bits per heavy atom. The van der Waals surface area contributed by atoms with Crippen LogP contribution in [0.15, 0.2) is 36.8 Å². The van der Waals surface area contributed by atoms with Crippen LogP contribution in [0.1, 0.15) is 36.2 Å². The van der Waals surface area contributed by atoms with Gasteiger partial charge in [-0.1, -0.05) is 0 Å². The molecule has 2 saturated heterocycles. The Balaban J connectivity index is 1.28. The minimum Gasteiger partial charge on any atom is -0.469 e. The molecule has 12 heteroatoms. The Hall–Kier alpha value is -4.09. The number of methoxy groups -OCH3 is 1. The van der Waals surface area contributed by atoms with Crippen molar-refractivity contribution in [2.75, 3.05) is 49.6 Å². The lowest BCUT2D eigenvalue weighted by Crippen LogP contribution is -2.49. The molecule has 1 atom stereocenters. The highest BCUT2D eigenvalue weighted by Crippen LogP contribution is 2.29. The fourth-order valence-electron chi connectivity index (χ4n) is 4.33. The molecular weight excluding hydrogens is 485 g/mol. The molecular formula is C25H28FN5O6. The average molecular weight is 514 g/mol. The first-order valence-electron chi connectivity index (χ1n) is 12.0. The van der Waals surface area contributed by atoms with Crippen molar-refractivity contribution in [1.82, 2.24) is 14.9 Å². The standard InChI is InChI=1S/C25H28FN5O6/c1-36-24(34)7-3-18-16-31(25(35)37-18)17-2-4-21(19(26)14-17)29-10-12-30(13-11-29)23(33)6-5-22(32)20-15-27-8-9-28-20/h2,4,8-9,14-15,18H,3,5-7,10-13,16H2,1H3/t18-/m0/s1. The molecule has 2 amide bonds. The molecule has 1 aromatic carbocycles. The molecule has 0 radical (unpaired) electrons. The van der Waals surface area contributed by atoms with Crippen LogP contribution in [-0.4, -0.2) is 84.6 Å². The van der Waals surface area contributed by atoms with Crippen molar-refractivity contribution in [3.63, 3.8) is 0 Å².